The molecule has 0 saturated carbocycles. The minimum Gasteiger partial charge on any atom is -0.493 e. The van der Waals surface area contributed by atoms with Gasteiger partial charge in [-0.2, -0.15) is 5.26 Å². The topological polar surface area (TPSA) is 85.1 Å². The molecule has 0 bridgehead atoms. The van der Waals surface area contributed by atoms with Crippen LogP contribution in [0.4, 0.5) is 0 Å². The third kappa shape index (κ3) is 4.00. The van der Waals surface area contributed by atoms with Gasteiger partial charge in [-0.15, -0.1) is 22.7 Å². The van der Waals surface area contributed by atoms with E-state index in [0.717, 1.165) is 10.3 Å². The fraction of sp³-hybridized carbons (Fsp3) is 0.182. The monoisotopic (exact) mass is 469 g/mol. The number of carbonyl (C=O) groups excluding carboxylic acids is 1. The van der Waals surface area contributed by atoms with E-state index in [1.807, 2.05) is 18.2 Å². The van der Waals surface area contributed by atoms with Crippen LogP contribution < -0.4 is 9.47 Å². The summed E-state index contributed by atoms with van der Waals surface area (Å²) in [6.07, 6.45) is 0. The Kier molecular flexibility index (Phi) is 5.92. The molecule has 1 atom stereocenters. The second-order valence-corrected chi connectivity index (χ2v) is 9.09. The molecule has 0 aliphatic rings. The molecule has 0 saturated heterocycles. The summed E-state index contributed by atoms with van der Waals surface area (Å²) >= 11 is 8.60. The molecule has 9 heteroatoms. The number of hydrogen-bond acceptors (Lipinski definition) is 8. The van der Waals surface area contributed by atoms with Crippen LogP contribution >= 0.6 is 34.3 Å². The number of methoxy groups -OCH3 is 2. The lowest BCUT2D eigenvalue weighted by Gasteiger charge is -2.08. The number of thiazole rings is 2. The molecule has 2 heterocycles. The van der Waals surface area contributed by atoms with Gasteiger partial charge < -0.3 is 9.47 Å². The average Bonchev–Trinajstić information content (AvgIpc) is 3.36. The highest BCUT2D eigenvalue weighted by atomic mass is 35.5. The van der Waals surface area contributed by atoms with Crippen molar-refractivity contribution in [3.05, 3.63) is 57.0 Å². The zero-order chi connectivity index (χ0) is 22.1. The van der Waals surface area contributed by atoms with Crippen LogP contribution in [0.1, 0.15) is 26.3 Å². The van der Waals surface area contributed by atoms with Gasteiger partial charge in [0.2, 0.25) is 0 Å². The predicted molar refractivity (Wildman–Crippen MR) is 123 cm³/mol. The summed E-state index contributed by atoms with van der Waals surface area (Å²) in [6.45, 7) is 1.76. The van der Waals surface area contributed by atoms with E-state index in [1.165, 1.54) is 22.7 Å². The fourth-order valence-corrected chi connectivity index (χ4v) is 5.31. The summed E-state index contributed by atoms with van der Waals surface area (Å²) in [4.78, 5) is 22.7. The SMILES string of the molecule is COc1ccc(-c2nc(C)c(C(=O)C(C#N)c3nc4cc(Cl)ccc4s3)s2)cc1OC. The van der Waals surface area contributed by atoms with Gasteiger partial charge >= 0.3 is 0 Å². The number of Topliss-reactive ketones (excluding diaryl/α,β-unsaturated/α-hetero) is 1. The first kappa shape index (κ1) is 21.2. The Morgan fingerprint density at radius 3 is 2.58 bits per heavy atom. The van der Waals surface area contributed by atoms with Crippen molar-refractivity contribution in [1.29, 1.82) is 5.26 Å². The minimum atomic E-state index is -1.01. The summed E-state index contributed by atoms with van der Waals surface area (Å²) in [5, 5.41) is 11.4. The quantitative estimate of drug-likeness (QED) is 0.327. The van der Waals surface area contributed by atoms with Crippen LogP contribution in [0, 0.1) is 18.3 Å². The van der Waals surface area contributed by atoms with Crippen LogP contribution in [0.5, 0.6) is 11.5 Å². The molecular weight excluding hydrogens is 454 g/mol. The molecule has 4 aromatic rings. The van der Waals surface area contributed by atoms with Gasteiger partial charge in [0.1, 0.15) is 10.0 Å². The van der Waals surface area contributed by atoms with E-state index < -0.39 is 5.92 Å². The fourth-order valence-electron chi connectivity index (χ4n) is 3.12. The van der Waals surface area contributed by atoms with Crippen molar-refractivity contribution in [3.8, 4) is 28.1 Å². The Hall–Kier alpha value is -2.99. The molecule has 0 fully saturated rings. The number of nitriles is 1. The first-order valence-corrected chi connectivity index (χ1v) is 11.2. The van der Waals surface area contributed by atoms with E-state index in [4.69, 9.17) is 21.1 Å². The number of benzene rings is 2. The highest BCUT2D eigenvalue weighted by molar-refractivity contribution is 7.19. The first-order chi connectivity index (χ1) is 14.9. The van der Waals surface area contributed by atoms with Gasteiger partial charge in [0.25, 0.3) is 0 Å². The number of ketones is 1. The number of carbonyl (C=O) groups is 1. The number of ether oxygens (including phenoxy) is 2. The third-order valence-corrected chi connectivity index (χ3v) is 7.21. The lowest BCUT2D eigenvalue weighted by atomic mass is 10.0. The van der Waals surface area contributed by atoms with Gasteiger partial charge in [-0.3, -0.25) is 4.79 Å². The second kappa shape index (κ2) is 8.63. The second-order valence-electron chi connectivity index (χ2n) is 6.59. The number of nitrogens with zero attached hydrogens (tertiary/aromatic N) is 3. The van der Waals surface area contributed by atoms with E-state index >= 15 is 0 Å². The molecule has 2 aromatic carbocycles. The Bertz CT molecular complexity index is 1340. The normalized spacial score (nSPS) is 11.8. The summed E-state index contributed by atoms with van der Waals surface area (Å²) in [5.74, 6) is -0.136. The third-order valence-electron chi connectivity index (χ3n) is 4.66. The molecular formula is C22H16ClN3O3S2. The predicted octanol–water partition coefficient (Wildman–Crippen LogP) is 5.89. The minimum absolute atomic E-state index is 0.311. The zero-order valence-electron chi connectivity index (χ0n) is 16.8. The smallest absolute Gasteiger partial charge is 0.198 e. The van der Waals surface area contributed by atoms with Crippen molar-refractivity contribution in [3.63, 3.8) is 0 Å². The summed E-state index contributed by atoms with van der Waals surface area (Å²) in [7, 11) is 3.13. The molecule has 6 nitrogen and oxygen atoms in total. The van der Waals surface area contributed by atoms with Crippen molar-refractivity contribution in [2.45, 2.75) is 12.8 Å². The molecule has 0 aliphatic carbocycles. The number of fused-ring (bicyclic) bond motifs is 1. The summed E-state index contributed by atoms with van der Waals surface area (Å²) in [5.41, 5.74) is 2.05. The highest BCUT2D eigenvalue weighted by Crippen LogP contribution is 2.37. The van der Waals surface area contributed by atoms with Crippen LogP contribution in [-0.4, -0.2) is 30.0 Å². The maximum atomic E-state index is 13.3. The number of aromatic nitrogens is 2. The highest BCUT2D eigenvalue weighted by Gasteiger charge is 2.29. The Balaban J connectivity index is 1.69. The lowest BCUT2D eigenvalue weighted by molar-refractivity contribution is 0.0982. The van der Waals surface area contributed by atoms with Gasteiger partial charge in [0.15, 0.2) is 23.2 Å². The van der Waals surface area contributed by atoms with Gasteiger partial charge in [0.05, 0.1) is 41.1 Å². The van der Waals surface area contributed by atoms with E-state index in [2.05, 4.69) is 16.0 Å². The van der Waals surface area contributed by atoms with Gasteiger partial charge in [0, 0.05) is 10.6 Å². The summed E-state index contributed by atoms with van der Waals surface area (Å²) in [6, 6.07) is 12.9. The van der Waals surface area contributed by atoms with E-state index in [9.17, 15) is 10.1 Å². The van der Waals surface area contributed by atoms with Crippen molar-refractivity contribution >= 4 is 50.3 Å². The molecule has 0 aliphatic heterocycles. The molecule has 2 aromatic heterocycles. The first-order valence-electron chi connectivity index (χ1n) is 9.14. The molecule has 0 radical (unpaired) electrons. The number of hydrogen-bond donors (Lipinski definition) is 0. The van der Waals surface area contributed by atoms with Crippen LogP contribution in [0.2, 0.25) is 5.02 Å². The van der Waals surface area contributed by atoms with Crippen molar-refractivity contribution in [2.24, 2.45) is 0 Å². The van der Waals surface area contributed by atoms with Crippen LogP contribution in [0.3, 0.4) is 0 Å². The molecule has 1 unspecified atom stereocenters. The number of aryl methyl sites for hydroxylation is 1. The maximum Gasteiger partial charge on any atom is 0.198 e. The van der Waals surface area contributed by atoms with Gasteiger partial charge in [-0.05, 0) is 43.3 Å². The van der Waals surface area contributed by atoms with Crippen LogP contribution in [-0.2, 0) is 0 Å². The largest absolute Gasteiger partial charge is 0.493 e. The van der Waals surface area contributed by atoms with E-state index in [1.54, 1.807) is 39.3 Å². The maximum absolute atomic E-state index is 13.3. The zero-order valence-corrected chi connectivity index (χ0v) is 19.2. The Labute approximate surface area is 191 Å². The summed E-state index contributed by atoms with van der Waals surface area (Å²) < 4.78 is 11.5. The standard InChI is InChI=1S/C22H16ClN3O3S2/c1-11-20(31-21(25-11)12-4-6-16(28-2)17(8-12)29-3)19(27)14(10-24)22-26-15-9-13(23)5-7-18(15)30-22/h4-9,14H,1-3H3. The van der Waals surface area contributed by atoms with Gasteiger partial charge in [-0.1, -0.05) is 11.6 Å². The van der Waals surface area contributed by atoms with Gasteiger partial charge in [-0.25, -0.2) is 9.97 Å². The number of rotatable bonds is 6. The van der Waals surface area contributed by atoms with Crippen molar-refractivity contribution in [2.75, 3.05) is 14.2 Å². The van der Waals surface area contributed by atoms with Crippen LogP contribution in [0.15, 0.2) is 36.4 Å². The Morgan fingerprint density at radius 2 is 1.87 bits per heavy atom. The molecule has 156 valence electrons. The molecule has 4 rings (SSSR count). The molecule has 0 spiro atoms. The van der Waals surface area contributed by atoms with E-state index in [-0.39, 0.29) is 5.78 Å². The lowest BCUT2D eigenvalue weighted by Crippen LogP contribution is -2.10. The van der Waals surface area contributed by atoms with Crippen LogP contribution in [0.25, 0.3) is 20.8 Å². The molecule has 31 heavy (non-hydrogen) atoms. The number of halogens is 1. The van der Waals surface area contributed by atoms with E-state index in [0.29, 0.717) is 42.6 Å². The molecule has 0 amide bonds. The van der Waals surface area contributed by atoms with Crippen molar-refractivity contribution in [1.82, 2.24) is 9.97 Å². The van der Waals surface area contributed by atoms with Crippen molar-refractivity contribution < 1.29 is 14.3 Å². The average molecular weight is 470 g/mol. The Morgan fingerprint density at radius 1 is 1.10 bits per heavy atom. The molecule has 0 N–H and O–H groups in total.